The van der Waals surface area contributed by atoms with E-state index in [9.17, 15) is 19.2 Å². The lowest BCUT2D eigenvalue weighted by Crippen LogP contribution is -2.44. The molecule has 8 heteroatoms. The van der Waals surface area contributed by atoms with E-state index in [1.165, 1.54) is 4.90 Å². The maximum Gasteiger partial charge on any atom is 0.325 e. The van der Waals surface area contributed by atoms with E-state index < -0.39 is 5.54 Å². The van der Waals surface area contributed by atoms with E-state index >= 15 is 0 Å². The number of carbonyl (C=O) groups excluding carboxylic acids is 3. The van der Waals surface area contributed by atoms with Gasteiger partial charge >= 0.3 is 6.03 Å². The third-order valence-corrected chi connectivity index (χ3v) is 6.97. The zero-order valence-corrected chi connectivity index (χ0v) is 19.6. The minimum Gasteiger partial charge on any atom is -0.455 e. The van der Waals surface area contributed by atoms with E-state index in [0.29, 0.717) is 36.0 Å². The molecule has 0 unspecified atom stereocenters. The van der Waals surface area contributed by atoms with Gasteiger partial charge in [0.05, 0.1) is 10.9 Å². The number of hydrogen-bond acceptors (Lipinski definition) is 5. The quantitative estimate of drug-likeness (QED) is 0.419. The van der Waals surface area contributed by atoms with Crippen LogP contribution in [0.25, 0.3) is 22.3 Å². The largest absolute Gasteiger partial charge is 0.455 e. The lowest BCUT2D eigenvalue weighted by Gasteiger charge is -2.20. The van der Waals surface area contributed by atoms with E-state index in [4.69, 9.17) is 4.42 Å². The Balaban J connectivity index is 1.30. The van der Waals surface area contributed by atoms with Crippen molar-refractivity contribution < 1.29 is 18.8 Å². The van der Waals surface area contributed by atoms with Crippen molar-refractivity contribution in [3.8, 4) is 11.3 Å². The van der Waals surface area contributed by atoms with Crippen LogP contribution in [0.2, 0.25) is 0 Å². The Labute approximate surface area is 202 Å². The summed E-state index contributed by atoms with van der Waals surface area (Å²) in [6, 6.07) is 13.9. The topological polar surface area (TPSA) is 109 Å². The highest BCUT2D eigenvalue weighted by molar-refractivity contribution is 6.07. The molecule has 0 bridgehead atoms. The third kappa shape index (κ3) is 3.99. The molecule has 4 amide bonds. The number of hydrogen-bond donors (Lipinski definition) is 2. The number of rotatable bonds is 6. The van der Waals surface area contributed by atoms with E-state index in [2.05, 4.69) is 10.6 Å². The predicted molar refractivity (Wildman–Crippen MR) is 131 cm³/mol. The second-order valence-electron chi connectivity index (χ2n) is 9.22. The molecular weight excluding hydrogens is 446 g/mol. The number of urea groups is 1. The number of benzene rings is 2. The van der Waals surface area contributed by atoms with Crippen molar-refractivity contribution in [3.63, 3.8) is 0 Å². The molecule has 5 rings (SSSR count). The summed E-state index contributed by atoms with van der Waals surface area (Å²) in [5, 5.41) is 6.03. The van der Waals surface area contributed by atoms with E-state index in [1.807, 2.05) is 30.3 Å². The van der Waals surface area contributed by atoms with Gasteiger partial charge in [-0.05, 0) is 38.3 Å². The van der Waals surface area contributed by atoms with Gasteiger partial charge in [0.25, 0.3) is 11.8 Å². The summed E-state index contributed by atoms with van der Waals surface area (Å²) >= 11 is 0. The first kappa shape index (κ1) is 22.8. The number of carbonyl (C=O) groups is 3. The first-order valence-corrected chi connectivity index (χ1v) is 12.0. The lowest BCUT2D eigenvalue weighted by atomic mass is 9.98. The molecule has 3 aromatic rings. The maximum atomic E-state index is 13.0. The normalized spacial score (nSPS) is 16.8. The van der Waals surface area contributed by atoms with Gasteiger partial charge in [-0.2, -0.15) is 0 Å². The first-order chi connectivity index (χ1) is 16.9. The molecule has 0 atom stereocenters. The van der Waals surface area contributed by atoms with Crippen molar-refractivity contribution in [2.45, 2.75) is 44.6 Å². The Hall–Kier alpha value is -3.94. The van der Waals surface area contributed by atoms with Gasteiger partial charge < -0.3 is 15.1 Å². The molecule has 1 saturated heterocycles. The van der Waals surface area contributed by atoms with Gasteiger partial charge in [-0.1, -0.05) is 49.2 Å². The first-order valence-electron chi connectivity index (χ1n) is 12.0. The Morgan fingerprint density at radius 1 is 1.06 bits per heavy atom. The molecule has 2 fully saturated rings. The molecule has 180 valence electrons. The van der Waals surface area contributed by atoms with Gasteiger partial charge in [0, 0.05) is 24.2 Å². The number of fused-ring (bicyclic) bond motifs is 1. The minimum atomic E-state index is -0.727. The molecule has 2 heterocycles. The zero-order valence-electron chi connectivity index (χ0n) is 19.6. The fourth-order valence-electron chi connectivity index (χ4n) is 5.08. The van der Waals surface area contributed by atoms with Gasteiger partial charge in [-0.3, -0.25) is 19.3 Å². The maximum absolute atomic E-state index is 13.0. The van der Waals surface area contributed by atoms with Crippen molar-refractivity contribution in [1.29, 1.82) is 0 Å². The summed E-state index contributed by atoms with van der Waals surface area (Å²) in [6.45, 7) is 2.21. The average Bonchev–Trinajstić information content (AvgIpc) is 3.43. The van der Waals surface area contributed by atoms with Crippen LogP contribution in [0, 0.1) is 6.92 Å². The summed E-state index contributed by atoms with van der Waals surface area (Å²) in [5.74, 6) is -0.111. The molecule has 1 spiro atoms. The molecule has 2 aromatic carbocycles. The monoisotopic (exact) mass is 473 g/mol. The van der Waals surface area contributed by atoms with Gasteiger partial charge in [-0.25, -0.2) is 4.79 Å². The molecule has 2 N–H and O–H groups in total. The van der Waals surface area contributed by atoms with Crippen LogP contribution >= 0.6 is 0 Å². The SMILES string of the molecule is Cc1c(-c2ccccc2)oc2c(C(=O)NCCCN3C(=O)NC4(CCCC4)C3=O)cccc2c1=O. The number of nitrogens with one attached hydrogen (secondary N) is 2. The Bertz CT molecular complexity index is 1370. The zero-order chi connectivity index (χ0) is 24.6. The van der Waals surface area contributed by atoms with E-state index in [1.54, 1.807) is 25.1 Å². The highest BCUT2D eigenvalue weighted by atomic mass is 16.3. The summed E-state index contributed by atoms with van der Waals surface area (Å²) < 4.78 is 6.11. The van der Waals surface area contributed by atoms with Crippen LogP contribution in [0.1, 0.15) is 48.0 Å². The average molecular weight is 474 g/mol. The summed E-state index contributed by atoms with van der Waals surface area (Å²) in [4.78, 5) is 52.3. The molecule has 0 radical (unpaired) electrons. The second-order valence-corrected chi connectivity index (χ2v) is 9.22. The molecule has 1 saturated carbocycles. The molecule has 1 aromatic heterocycles. The molecule has 35 heavy (non-hydrogen) atoms. The van der Waals surface area contributed by atoms with Crippen LogP contribution in [-0.4, -0.2) is 41.4 Å². The predicted octanol–water partition coefficient (Wildman–Crippen LogP) is 3.75. The van der Waals surface area contributed by atoms with Gasteiger partial charge in [0.1, 0.15) is 11.3 Å². The van der Waals surface area contributed by atoms with Crippen LogP contribution in [0.3, 0.4) is 0 Å². The molecule has 2 aliphatic rings. The van der Waals surface area contributed by atoms with Crippen molar-refractivity contribution in [3.05, 3.63) is 69.9 Å². The highest BCUT2D eigenvalue weighted by Gasteiger charge is 2.51. The number of imide groups is 1. The highest BCUT2D eigenvalue weighted by Crippen LogP contribution is 2.35. The summed E-state index contributed by atoms with van der Waals surface area (Å²) in [7, 11) is 0. The van der Waals surface area contributed by atoms with Crippen LogP contribution in [0.15, 0.2) is 57.7 Å². The lowest BCUT2D eigenvalue weighted by molar-refractivity contribution is -0.131. The minimum absolute atomic E-state index is 0.161. The Kier molecular flexibility index (Phi) is 5.88. The van der Waals surface area contributed by atoms with Gasteiger partial charge in [0.2, 0.25) is 0 Å². The number of amides is 4. The fraction of sp³-hybridized carbons (Fsp3) is 0.333. The van der Waals surface area contributed by atoms with Crippen LogP contribution in [-0.2, 0) is 4.79 Å². The second kappa shape index (κ2) is 9.02. The van der Waals surface area contributed by atoms with E-state index in [0.717, 1.165) is 18.4 Å². The van der Waals surface area contributed by atoms with Crippen LogP contribution < -0.4 is 16.1 Å². The van der Waals surface area contributed by atoms with Gasteiger partial charge in [-0.15, -0.1) is 0 Å². The van der Waals surface area contributed by atoms with Crippen LogP contribution in [0.4, 0.5) is 4.79 Å². The Morgan fingerprint density at radius 2 is 1.80 bits per heavy atom. The van der Waals surface area contributed by atoms with Crippen molar-refractivity contribution >= 4 is 28.8 Å². The fourth-order valence-corrected chi connectivity index (χ4v) is 5.08. The number of para-hydroxylation sites is 1. The molecular formula is C27H27N3O5. The van der Waals surface area contributed by atoms with E-state index in [-0.39, 0.29) is 47.5 Å². The van der Waals surface area contributed by atoms with Crippen molar-refractivity contribution in [1.82, 2.24) is 15.5 Å². The number of nitrogens with zero attached hydrogens (tertiary/aromatic N) is 1. The molecule has 8 nitrogen and oxygen atoms in total. The third-order valence-electron chi connectivity index (χ3n) is 6.97. The standard InChI is InChI=1S/C27H27N3O5/c1-17-21(31)19-11-7-12-20(23(19)35-22(17)18-9-3-2-4-10-18)24(32)28-15-8-16-30-25(33)27(29-26(30)34)13-5-6-14-27/h2-4,7,9-12H,5-6,8,13-16H2,1H3,(H,28,32)(H,29,34). The smallest absolute Gasteiger partial charge is 0.325 e. The molecule has 1 aliphatic heterocycles. The summed E-state index contributed by atoms with van der Waals surface area (Å²) in [6.07, 6.45) is 3.65. The molecule has 1 aliphatic carbocycles. The van der Waals surface area contributed by atoms with Crippen LogP contribution in [0.5, 0.6) is 0 Å². The van der Waals surface area contributed by atoms with Gasteiger partial charge in [0.15, 0.2) is 11.0 Å². The van der Waals surface area contributed by atoms with Crippen molar-refractivity contribution in [2.24, 2.45) is 0 Å². The Morgan fingerprint density at radius 3 is 2.54 bits per heavy atom. The van der Waals surface area contributed by atoms with Crippen molar-refractivity contribution in [2.75, 3.05) is 13.1 Å². The summed E-state index contributed by atoms with van der Waals surface area (Å²) in [5.41, 5.74) is 0.824.